The minimum Gasteiger partial charge on any atom is -0.483 e. The molecule has 0 unspecified atom stereocenters. The van der Waals surface area contributed by atoms with Crippen molar-refractivity contribution >= 4 is 21.6 Å². The van der Waals surface area contributed by atoms with Gasteiger partial charge >= 0.3 is 0 Å². The van der Waals surface area contributed by atoms with Crippen LogP contribution in [0.5, 0.6) is 5.75 Å². The molecule has 162 valence electrons. The Morgan fingerprint density at radius 3 is 2.23 bits per heavy atom. The summed E-state index contributed by atoms with van der Waals surface area (Å²) in [5.41, 5.74) is 2.65. The fraction of sp³-hybridized carbons (Fsp3) is 0.208. The Bertz CT molecular complexity index is 1110. The van der Waals surface area contributed by atoms with Crippen LogP contribution in [-0.2, 0) is 21.2 Å². The summed E-state index contributed by atoms with van der Waals surface area (Å²) in [5.74, 6) is 0.327. The van der Waals surface area contributed by atoms with Gasteiger partial charge in [-0.2, -0.15) is 0 Å². The van der Waals surface area contributed by atoms with Gasteiger partial charge in [0.2, 0.25) is 10.0 Å². The van der Waals surface area contributed by atoms with Crippen molar-refractivity contribution in [3.05, 3.63) is 90.0 Å². The monoisotopic (exact) mass is 438 g/mol. The number of amides is 1. The lowest BCUT2D eigenvalue weighted by Crippen LogP contribution is -2.30. The summed E-state index contributed by atoms with van der Waals surface area (Å²) in [5, 5.41) is 2.72. The maximum Gasteiger partial charge on any atom is 0.262 e. The van der Waals surface area contributed by atoms with Crippen molar-refractivity contribution in [2.45, 2.75) is 31.2 Å². The lowest BCUT2D eigenvalue weighted by atomic mass is 10.0. The average molecular weight is 439 g/mol. The highest BCUT2D eigenvalue weighted by molar-refractivity contribution is 7.89. The van der Waals surface area contributed by atoms with E-state index in [0.717, 1.165) is 11.1 Å². The summed E-state index contributed by atoms with van der Waals surface area (Å²) >= 11 is 0. The SMILES string of the molecule is CC(C)NS(=O)(=O)c1ccc(NC(=O)COc2ccccc2Cc2ccccc2)cc1. The quantitative estimate of drug-likeness (QED) is 0.529. The zero-order valence-electron chi connectivity index (χ0n) is 17.5. The van der Waals surface area contributed by atoms with Gasteiger partial charge in [0.1, 0.15) is 5.75 Å². The van der Waals surface area contributed by atoms with Crippen LogP contribution in [0.1, 0.15) is 25.0 Å². The molecule has 0 aliphatic heterocycles. The van der Waals surface area contributed by atoms with Crippen LogP contribution in [0.25, 0.3) is 0 Å². The summed E-state index contributed by atoms with van der Waals surface area (Å²) in [4.78, 5) is 12.5. The average Bonchev–Trinajstić information content (AvgIpc) is 2.73. The van der Waals surface area contributed by atoms with Crippen LogP contribution >= 0.6 is 0 Å². The van der Waals surface area contributed by atoms with Crippen molar-refractivity contribution in [1.82, 2.24) is 4.72 Å². The Morgan fingerprint density at radius 1 is 0.903 bits per heavy atom. The number of hydrogen-bond donors (Lipinski definition) is 2. The largest absolute Gasteiger partial charge is 0.483 e. The minimum absolute atomic E-state index is 0.144. The van der Waals surface area contributed by atoms with Gasteiger partial charge in [0.05, 0.1) is 4.90 Å². The van der Waals surface area contributed by atoms with Gasteiger partial charge in [-0.05, 0) is 55.3 Å². The van der Waals surface area contributed by atoms with Crippen molar-refractivity contribution in [2.24, 2.45) is 0 Å². The zero-order chi connectivity index (χ0) is 22.3. The maximum absolute atomic E-state index is 12.3. The van der Waals surface area contributed by atoms with Gasteiger partial charge < -0.3 is 10.1 Å². The fourth-order valence-corrected chi connectivity index (χ4v) is 4.29. The molecule has 0 fully saturated rings. The van der Waals surface area contributed by atoms with Crippen molar-refractivity contribution in [1.29, 1.82) is 0 Å². The van der Waals surface area contributed by atoms with Crippen LogP contribution < -0.4 is 14.8 Å². The molecule has 0 bridgehead atoms. The number of ether oxygens (including phenoxy) is 1. The summed E-state index contributed by atoms with van der Waals surface area (Å²) in [7, 11) is -3.57. The number of hydrogen-bond acceptors (Lipinski definition) is 4. The van der Waals surface area contributed by atoms with E-state index in [1.165, 1.54) is 12.1 Å². The third kappa shape index (κ3) is 6.67. The lowest BCUT2D eigenvalue weighted by molar-refractivity contribution is -0.118. The number of para-hydroxylation sites is 1. The lowest BCUT2D eigenvalue weighted by Gasteiger charge is -2.12. The number of nitrogens with one attached hydrogen (secondary N) is 2. The first-order valence-electron chi connectivity index (χ1n) is 10.0. The van der Waals surface area contributed by atoms with Gasteiger partial charge in [-0.3, -0.25) is 4.79 Å². The van der Waals surface area contributed by atoms with Crippen molar-refractivity contribution < 1.29 is 17.9 Å². The summed E-state index contributed by atoms with van der Waals surface area (Å²) in [6, 6.07) is 23.5. The molecular weight excluding hydrogens is 412 g/mol. The number of carbonyl (C=O) groups excluding carboxylic acids is 1. The standard InChI is InChI=1S/C24H26N2O4S/c1-18(2)26-31(28,29)22-14-12-21(13-15-22)25-24(27)17-30-23-11-7-6-10-20(23)16-19-8-4-3-5-9-19/h3-15,18,26H,16-17H2,1-2H3,(H,25,27). The summed E-state index contributed by atoms with van der Waals surface area (Å²) < 4.78 is 32.6. The molecule has 1 amide bonds. The zero-order valence-corrected chi connectivity index (χ0v) is 18.4. The van der Waals surface area contributed by atoms with E-state index >= 15 is 0 Å². The Morgan fingerprint density at radius 2 is 1.55 bits per heavy atom. The predicted octanol–water partition coefficient (Wildman–Crippen LogP) is 3.98. The molecule has 0 aliphatic rings. The van der Waals surface area contributed by atoms with E-state index in [-0.39, 0.29) is 23.5 Å². The van der Waals surface area contributed by atoms with Gasteiger partial charge in [-0.1, -0.05) is 48.5 Å². The highest BCUT2D eigenvalue weighted by atomic mass is 32.2. The first-order chi connectivity index (χ1) is 14.8. The number of carbonyl (C=O) groups is 1. The summed E-state index contributed by atoms with van der Waals surface area (Å²) in [6.45, 7) is 3.36. The molecule has 3 rings (SSSR count). The molecule has 0 saturated carbocycles. The minimum atomic E-state index is -3.57. The van der Waals surface area contributed by atoms with E-state index in [4.69, 9.17) is 4.74 Å². The van der Waals surface area contributed by atoms with E-state index in [9.17, 15) is 13.2 Å². The molecule has 0 aromatic heterocycles. The molecule has 0 aliphatic carbocycles. The molecule has 2 N–H and O–H groups in total. The van der Waals surface area contributed by atoms with Crippen LogP contribution in [0.2, 0.25) is 0 Å². The highest BCUT2D eigenvalue weighted by Crippen LogP contribution is 2.21. The molecule has 3 aromatic carbocycles. The molecule has 7 heteroatoms. The number of anilines is 1. The molecule has 31 heavy (non-hydrogen) atoms. The normalized spacial score (nSPS) is 11.3. The Labute approximate surface area is 183 Å². The first kappa shape index (κ1) is 22.5. The Kier molecular flexibility index (Phi) is 7.44. The molecule has 6 nitrogen and oxygen atoms in total. The smallest absolute Gasteiger partial charge is 0.262 e. The van der Waals surface area contributed by atoms with Crippen molar-refractivity contribution in [3.8, 4) is 5.75 Å². The number of benzene rings is 3. The van der Waals surface area contributed by atoms with Crippen LogP contribution in [-0.4, -0.2) is 27.0 Å². The Hall–Kier alpha value is -3.16. The second-order valence-corrected chi connectivity index (χ2v) is 9.12. The molecule has 3 aromatic rings. The van der Waals surface area contributed by atoms with Crippen molar-refractivity contribution in [3.63, 3.8) is 0 Å². The number of rotatable bonds is 9. The highest BCUT2D eigenvalue weighted by Gasteiger charge is 2.15. The topological polar surface area (TPSA) is 84.5 Å². The molecule has 0 atom stereocenters. The second kappa shape index (κ2) is 10.2. The van der Waals surface area contributed by atoms with Gasteiger partial charge in [-0.25, -0.2) is 13.1 Å². The van der Waals surface area contributed by atoms with Gasteiger partial charge in [0, 0.05) is 18.2 Å². The molecule has 0 saturated heterocycles. The van der Waals surface area contributed by atoms with E-state index in [0.29, 0.717) is 17.9 Å². The van der Waals surface area contributed by atoms with E-state index in [1.807, 2.05) is 54.6 Å². The molecule has 0 radical (unpaired) electrons. The number of sulfonamides is 1. The predicted molar refractivity (Wildman–Crippen MR) is 122 cm³/mol. The van der Waals surface area contributed by atoms with Crippen LogP contribution in [0, 0.1) is 0 Å². The van der Waals surface area contributed by atoms with Gasteiger partial charge in [0.25, 0.3) is 5.91 Å². The van der Waals surface area contributed by atoms with Crippen molar-refractivity contribution in [2.75, 3.05) is 11.9 Å². The molecular formula is C24H26N2O4S. The third-order valence-electron chi connectivity index (χ3n) is 4.41. The van der Waals surface area contributed by atoms with Gasteiger partial charge in [0.15, 0.2) is 6.61 Å². The van der Waals surface area contributed by atoms with Crippen LogP contribution in [0.4, 0.5) is 5.69 Å². The van der Waals surface area contributed by atoms with E-state index < -0.39 is 10.0 Å². The molecule has 0 spiro atoms. The fourth-order valence-electron chi connectivity index (χ4n) is 3.04. The van der Waals surface area contributed by atoms with E-state index in [2.05, 4.69) is 10.0 Å². The Balaban J connectivity index is 1.59. The first-order valence-corrected chi connectivity index (χ1v) is 11.5. The molecule has 0 heterocycles. The maximum atomic E-state index is 12.3. The second-order valence-electron chi connectivity index (χ2n) is 7.41. The van der Waals surface area contributed by atoms with Crippen LogP contribution in [0.3, 0.4) is 0 Å². The van der Waals surface area contributed by atoms with Crippen LogP contribution in [0.15, 0.2) is 83.8 Å². The van der Waals surface area contributed by atoms with Gasteiger partial charge in [-0.15, -0.1) is 0 Å². The van der Waals surface area contributed by atoms with E-state index in [1.54, 1.807) is 26.0 Å². The third-order valence-corrected chi connectivity index (χ3v) is 6.08. The summed E-state index contributed by atoms with van der Waals surface area (Å²) in [6.07, 6.45) is 0.707.